The first-order valence-electron chi connectivity index (χ1n) is 5.67. The smallest absolute Gasteiger partial charge is 0.261 e. The molecule has 1 atom stereocenters. The number of rotatable bonds is 5. The van der Waals surface area contributed by atoms with Crippen molar-refractivity contribution >= 4 is 5.91 Å². The summed E-state index contributed by atoms with van der Waals surface area (Å²) < 4.78 is 5.64. The molecule has 0 heterocycles. The van der Waals surface area contributed by atoms with Gasteiger partial charge >= 0.3 is 0 Å². The fourth-order valence-electron chi connectivity index (χ4n) is 1.41. The Bertz CT molecular complexity index is 413. The lowest BCUT2D eigenvalue weighted by atomic mass is 10.1. The van der Waals surface area contributed by atoms with E-state index >= 15 is 0 Å². The molecule has 1 aromatic rings. The van der Waals surface area contributed by atoms with Crippen LogP contribution < -0.4 is 10.1 Å². The van der Waals surface area contributed by atoms with Crippen LogP contribution in [0.15, 0.2) is 30.9 Å². The molecule has 1 amide bonds. The average Bonchev–Trinajstić information content (AvgIpc) is 2.31. The van der Waals surface area contributed by atoms with E-state index in [1.165, 1.54) is 0 Å². The second-order valence-corrected chi connectivity index (χ2v) is 3.99. The van der Waals surface area contributed by atoms with Crippen molar-refractivity contribution in [2.45, 2.75) is 26.9 Å². The molecule has 0 aliphatic rings. The molecule has 0 fully saturated rings. The van der Waals surface area contributed by atoms with Crippen LogP contribution in [0.1, 0.15) is 18.1 Å². The van der Waals surface area contributed by atoms with Crippen LogP contribution in [-0.2, 0) is 4.79 Å². The summed E-state index contributed by atoms with van der Waals surface area (Å²) in [6.45, 7) is 9.74. The first kappa shape index (κ1) is 13.3. The number of aryl methyl sites for hydroxylation is 1. The number of amides is 1. The minimum absolute atomic E-state index is 0.134. The second-order valence-electron chi connectivity index (χ2n) is 3.99. The number of carbonyl (C=O) groups is 1. The predicted octanol–water partition coefficient (Wildman–Crippen LogP) is 2.37. The number of carbonyl (C=O) groups excluding carboxylic acids is 1. The van der Waals surface area contributed by atoms with E-state index in [0.717, 1.165) is 16.9 Å². The molecule has 0 aliphatic heterocycles. The van der Waals surface area contributed by atoms with Crippen molar-refractivity contribution in [3.63, 3.8) is 0 Å². The maximum atomic E-state index is 11.6. The zero-order valence-corrected chi connectivity index (χ0v) is 10.6. The van der Waals surface area contributed by atoms with Gasteiger partial charge in [0, 0.05) is 6.54 Å². The molecular weight excluding hydrogens is 214 g/mol. The van der Waals surface area contributed by atoms with Crippen molar-refractivity contribution in [2.75, 3.05) is 6.54 Å². The topological polar surface area (TPSA) is 38.3 Å². The Kier molecular flexibility index (Phi) is 4.76. The number of hydrogen-bond acceptors (Lipinski definition) is 2. The third-order valence-electron chi connectivity index (χ3n) is 2.65. The van der Waals surface area contributed by atoms with Gasteiger partial charge in [0.15, 0.2) is 6.10 Å². The summed E-state index contributed by atoms with van der Waals surface area (Å²) in [6.07, 6.45) is 1.14. The minimum atomic E-state index is -0.504. The highest BCUT2D eigenvalue weighted by molar-refractivity contribution is 5.80. The first-order valence-corrected chi connectivity index (χ1v) is 5.67. The second kappa shape index (κ2) is 6.09. The van der Waals surface area contributed by atoms with Crippen molar-refractivity contribution < 1.29 is 9.53 Å². The van der Waals surface area contributed by atoms with Gasteiger partial charge < -0.3 is 10.1 Å². The van der Waals surface area contributed by atoms with Gasteiger partial charge in [-0.2, -0.15) is 0 Å². The highest BCUT2D eigenvalue weighted by atomic mass is 16.5. The van der Waals surface area contributed by atoms with Crippen LogP contribution in [-0.4, -0.2) is 18.6 Å². The summed E-state index contributed by atoms with van der Waals surface area (Å²) >= 11 is 0. The van der Waals surface area contributed by atoms with Crippen LogP contribution in [0.3, 0.4) is 0 Å². The van der Waals surface area contributed by atoms with Crippen molar-refractivity contribution in [2.24, 2.45) is 0 Å². The first-order chi connectivity index (χ1) is 8.06. The number of ether oxygens (including phenoxy) is 1. The van der Waals surface area contributed by atoms with Gasteiger partial charge in [0.1, 0.15) is 5.75 Å². The summed E-state index contributed by atoms with van der Waals surface area (Å²) in [5, 5.41) is 2.70. The summed E-state index contributed by atoms with van der Waals surface area (Å²) in [5.41, 5.74) is 2.22. The Balaban J connectivity index is 2.67. The highest BCUT2D eigenvalue weighted by Gasteiger charge is 2.14. The number of hydrogen-bond donors (Lipinski definition) is 1. The van der Waals surface area contributed by atoms with E-state index in [4.69, 9.17) is 4.74 Å². The van der Waals surface area contributed by atoms with Crippen LogP contribution in [0.2, 0.25) is 0 Å². The largest absolute Gasteiger partial charge is 0.481 e. The van der Waals surface area contributed by atoms with Crippen LogP contribution in [0, 0.1) is 13.8 Å². The summed E-state index contributed by atoms with van der Waals surface area (Å²) in [4.78, 5) is 11.6. The summed E-state index contributed by atoms with van der Waals surface area (Å²) in [5.74, 6) is 0.622. The van der Waals surface area contributed by atoms with E-state index < -0.39 is 6.10 Å². The highest BCUT2D eigenvalue weighted by Crippen LogP contribution is 2.21. The Morgan fingerprint density at radius 3 is 2.88 bits per heavy atom. The molecule has 17 heavy (non-hydrogen) atoms. The number of nitrogens with one attached hydrogen (secondary N) is 1. The van der Waals surface area contributed by atoms with E-state index in [1.807, 2.05) is 32.0 Å². The molecule has 0 saturated heterocycles. The van der Waals surface area contributed by atoms with Crippen LogP contribution >= 0.6 is 0 Å². The van der Waals surface area contributed by atoms with Gasteiger partial charge in [-0.15, -0.1) is 6.58 Å². The van der Waals surface area contributed by atoms with E-state index in [9.17, 15) is 4.79 Å². The van der Waals surface area contributed by atoms with Gasteiger partial charge in [-0.3, -0.25) is 4.79 Å². The van der Waals surface area contributed by atoms with Crippen molar-refractivity contribution in [3.05, 3.63) is 42.0 Å². The molecule has 0 radical (unpaired) electrons. The lowest BCUT2D eigenvalue weighted by molar-refractivity contribution is -0.127. The molecule has 0 bridgehead atoms. The Morgan fingerprint density at radius 1 is 1.53 bits per heavy atom. The van der Waals surface area contributed by atoms with E-state index in [0.29, 0.717) is 6.54 Å². The quantitative estimate of drug-likeness (QED) is 0.793. The summed E-state index contributed by atoms with van der Waals surface area (Å²) in [6, 6.07) is 5.82. The molecule has 1 N–H and O–H groups in total. The third kappa shape index (κ3) is 3.63. The standard InChI is InChI=1S/C14H19NO2/c1-5-9-15-14(16)12(4)17-13-8-6-7-10(2)11(13)3/h5-8,12H,1,9H2,2-4H3,(H,15,16)/t12-/m0/s1. The fraction of sp³-hybridized carbons (Fsp3) is 0.357. The average molecular weight is 233 g/mol. The van der Waals surface area contributed by atoms with Crippen molar-refractivity contribution in [1.29, 1.82) is 0 Å². The maximum Gasteiger partial charge on any atom is 0.261 e. The van der Waals surface area contributed by atoms with Crippen molar-refractivity contribution in [1.82, 2.24) is 5.32 Å². The maximum absolute atomic E-state index is 11.6. The monoisotopic (exact) mass is 233 g/mol. The molecule has 0 unspecified atom stereocenters. The van der Waals surface area contributed by atoms with Crippen LogP contribution in [0.4, 0.5) is 0 Å². The van der Waals surface area contributed by atoms with E-state index in [1.54, 1.807) is 13.0 Å². The van der Waals surface area contributed by atoms with E-state index in [-0.39, 0.29) is 5.91 Å². The Morgan fingerprint density at radius 2 is 2.24 bits per heavy atom. The zero-order valence-electron chi connectivity index (χ0n) is 10.6. The predicted molar refractivity (Wildman–Crippen MR) is 69.2 cm³/mol. The summed E-state index contributed by atoms with van der Waals surface area (Å²) in [7, 11) is 0. The number of benzene rings is 1. The third-order valence-corrected chi connectivity index (χ3v) is 2.65. The zero-order chi connectivity index (χ0) is 12.8. The lowest BCUT2D eigenvalue weighted by Crippen LogP contribution is -2.36. The molecule has 1 aromatic carbocycles. The molecule has 3 nitrogen and oxygen atoms in total. The lowest BCUT2D eigenvalue weighted by Gasteiger charge is -2.16. The fourth-order valence-corrected chi connectivity index (χ4v) is 1.41. The Hall–Kier alpha value is -1.77. The van der Waals surface area contributed by atoms with Gasteiger partial charge in [0.2, 0.25) is 0 Å². The van der Waals surface area contributed by atoms with Gasteiger partial charge in [-0.05, 0) is 38.0 Å². The molecule has 0 saturated carbocycles. The molecule has 1 rings (SSSR count). The van der Waals surface area contributed by atoms with Gasteiger partial charge in [-0.1, -0.05) is 18.2 Å². The van der Waals surface area contributed by atoms with Crippen LogP contribution in [0.25, 0.3) is 0 Å². The molecule has 0 spiro atoms. The SMILES string of the molecule is C=CCNC(=O)[C@H](C)Oc1cccc(C)c1C. The Labute approximate surface area is 102 Å². The minimum Gasteiger partial charge on any atom is -0.481 e. The molecule has 0 aromatic heterocycles. The normalized spacial score (nSPS) is 11.7. The van der Waals surface area contributed by atoms with Crippen LogP contribution in [0.5, 0.6) is 5.75 Å². The molecule has 92 valence electrons. The molecule has 0 aliphatic carbocycles. The van der Waals surface area contributed by atoms with Gasteiger partial charge in [0.25, 0.3) is 5.91 Å². The molecular formula is C14H19NO2. The van der Waals surface area contributed by atoms with Gasteiger partial charge in [-0.25, -0.2) is 0 Å². The van der Waals surface area contributed by atoms with E-state index in [2.05, 4.69) is 11.9 Å². The van der Waals surface area contributed by atoms with Gasteiger partial charge in [0.05, 0.1) is 0 Å². The van der Waals surface area contributed by atoms with Crippen molar-refractivity contribution in [3.8, 4) is 5.75 Å². The molecule has 3 heteroatoms.